The van der Waals surface area contributed by atoms with Gasteiger partial charge in [-0.2, -0.15) is 0 Å². The van der Waals surface area contributed by atoms with Gasteiger partial charge in [-0.05, 0) is 20.8 Å². The van der Waals surface area contributed by atoms with Crippen LogP contribution in [0.15, 0.2) is 12.2 Å². The second kappa shape index (κ2) is 5.88. The number of carbonyl (C=O) groups excluding carboxylic acids is 1. The van der Waals surface area contributed by atoms with Crippen LogP contribution < -0.4 is 0 Å². The van der Waals surface area contributed by atoms with Gasteiger partial charge in [-0.3, -0.25) is 0 Å². The summed E-state index contributed by atoms with van der Waals surface area (Å²) in [4.78, 5) is 11.4. The van der Waals surface area contributed by atoms with Crippen molar-refractivity contribution in [2.75, 3.05) is 13.7 Å². The first kappa shape index (κ1) is 14.1. The maximum atomic E-state index is 11.4. The fourth-order valence-corrected chi connectivity index (χ4v) is 1.00. The third-order valence-electron chi connectivity index (χ3n) is 2.17. The van der Waals surface area contributed by atoms with Gasteiger partial charge in [-0.1, -0.05) is 6.58 Å². The molecule has 0 aromatic rings. The van der Waals surface area contributed by atoms with Gasteiger partial charge in [0.05, 0.1) is 0 Å². The zero-order chi connectivity index (χ0) is 12.1. The number of hydrogen-bond acceptors (Lipinski definition) is 4. The molecule has 0 rings (SSSR count). The molecule has 0 aromatic carbocycles. The molecular weight excluding hydrogens is 196 g/mol. The Morgan fingerprint density at radius 2 is 2.07 bits per heavy atom. The fourth-order valence-electron chi connectivity index (χ4n) is 1.00. The molecule has 4 nitrogen and oxygen atoms in total. The van der Waals surface area contributed by atoms with Crippen LogP contribution >= 0.6 is 0 Å². The van der Waals surface area contributed by atoms with Gasteiger partial charge in [0.1, 0.15) is 6.10 Å². The Bertz CT molecular complexity index is 237. The third kappa shape index (κ3) is 4.01. The molecule has 0 saturated carbocycles. The molecule has 0 aliphatic heterocycles. The molecule has 0 bridgehead atoms. The van der Waals surface area contributed by atoms with Gasteiger partial charge in [0.15, 0.2) is 0 Å². The Morgan fingerprint density at radius 1 is 1.53 bits per heavy atom. The largest absolute Gasteiger partial charge is 0.427 e. The topological polar surface area (TPSA) is 44.8 Å². The summed E-state index contributed by atoms with van der Waals surface area (Å²) in [7, 11) is 1.54. The van der Waals surface area contributed by atoms with Crippen molar-refractivity contribution in [2.24, 2.45) is 0 Å². The van der Waals surface area contributed by atoms with Crippen LogP contribution in [0.25, 0.3) is 0 Å². The SMILES string of the molecule is C=C(C)C(=O)OC(C)(OCC)C(C)OC. The lowest BCUT2D eigenvalue weighted by Crippen LogP contribution is -2.45. The van der Waals surface area contributed by atoms with E-state index in [-0.39, 0.29) is 6.10 Å². The van der Waals surface area contributed by atoms with Gasteiger partial charge in [-0.25, -0.2) is 4.79 Å². The average molecular weight is 216 g/mol. The van der Waals surface area contributed by atoms with Gasteiger partial charge in [0, 0.05) is 26.2 Å². The highest BCUT2D eigenvalue weighted by molar-refractivity contribution is 5.87. The predicted octanol–water partition coefficient (Wildman–Crippen LogP) is 1.89. The first-order valence-corrected chi connectivity index (χ1v) is 4.93. The maximum Gasteiger partial charge on any atom is 0.335 e. The number of rotatable bonds is 6. The van der Waals surface area contributed by atoms with Crippen molar-refractivity contribution in [3.8, 4) is 0 Å². The maximum absolute atomic E-state index is 11.4. The Kier molecular flexibility index (Phi) is 5.54. The summed E-state index contributed by atoms with van der Waals surface area (Å²) in [6, 6.07) is 0. The molecule has 0 aliphatic carbocycles. The Labute approximate surface area is 91.2 Å². The number of carbonyl (C=O) groups is 1. The van der Waals surface area contributed by atoms with E-state index in [1.165, 1.54) is 7.11 Å². The first-order valence-electron chi connectivity index (χ1n) is 4.93. The summed E-state index contributed by atoms with van der Waals surface area (Å²) in [6.07, 6.45) is -0.347. The van der Waals surface area contributed by atoms with Crippen LogP contribution in [0.3, 0.4) is 0 Å². The van der Waals surface area contributed by atoms with Crippen LogP contribution in [0.1, 0.15) is 27.7 Å². The molecule has 0 aliphatic rings. The quantitative estimate of drug-likeness (QED) is 0.386. The second-order valence-corrected chi connectivity index (χ2v) is 3.50. The van der Waals surface area contributed by atoms with Crippen molar-refractivity contribution in [1.29, 1.82) is 0 Å². The predicted molar refractivity (Wildman–Crippen MR) is 57.4 cm³/mol. The number of ether oxygens (including phenoxy) is 3. The van der Waals surface area contributed by atoms with Gasteiger partial charge in [-0.15, -0.1) is 0 Å². The van der Waals surface area contributed by atoms with Crippen LogP contribution in [-0.2, 0) is 19.0 Å². The monoisotopic (exact) mass is 216 g/mol. The molecule has 0 spiro atoms. The van der Waals surface area contributed by atoms with Crippen LogP contribution in [0, 0.1) is 0 Å². The lowest BCUT2D eigenvalue weighted by molar-refractivity contribution is -0.258. The lowest BCUT2D eigenvalue weighted by atomic mass is 10.2. The molecule has 15 heavy (non-hydrogen) atoms. The van der Waals surface area contributed by atoms with E-state index >= 15 is 0 Å². The zero-order valence-electron chi connectivity index (χ0n) is 10.1. The van der Waals surface area contributed by atoms with E-state index < -0.39 is 11.8 Å². The van der Waals surface area contributed by atoms with Gasteiger partial charge < -0.3 is 14.2 Å². The smallest absolute Gasteiger partial charge is 0.335 e. The third-order valence-corrected chi connectivity index (χ3v) is 2.17. The summed E-state index contributed by atoms with van der Waals surface area (Å²) in [5.41, 5.74) is 0.337. The van der Waals surface area contributed by atoms with Crippen molar-refractivity contribution in [2.45, 2.75) is 39.6 Å². The van der Waals surface area contributed by atoms with Gasteiger partial charge in [0.25, 0.3) is 0 Å². The van der Waals surface area contributed by atoms with Crippen molar-refractivity contribution < 1.29 is 19.0 Å². The molecule has 0 saturated heterocycles. The summed E-state index contributed by atoms with van der Waals surface area (Å²) in [5, 5.41) is 0. The van der Waals surface area contributed by atoms with Crippen LogP contribution in [0.2, 0.25) is 0 Å². The first-order chi connectivity index (χ1) is 6.87. The Morgan fingerprint density at radius 3 is 2.40 bits per heavy atom. The molecule has 2 unspecified atom stereocenters. The van der Waals surface area contributed by atoms with E-state index in [0.29, 0.717) is 12.2 Å². The van der Waals surface area contributed by atoms with Crippen LogP contribution in [0.5, 0.6) is 0 Å². The van der Waals surface area contributed by atoms with Gasteiger partial charge >= 0.3 is 5.97 Å². The molecule has 0 N–H and O–H groups in total. The molecule has 4 heteroatoms. The van der Waals surface area contributed by atoms with Crippen molar-refractivity contribution in [1.82, 2.24) is 0 Å². The number of methoxy groups -OCH3 is 1. The van der Waals surface area contributed by atoms with E-state index in [1.807, 2.05) is 6.92 Å². The highest BCUT2D eigenvalue weighted by Gasteiger charge is 2.36. The summed E-state index contributed by atoms with van der Waals surface area (Å²) < 4.78 is 15.7. The normalized spacial score (nSPS) is 16.6. The average Bonchev–Trinajstić information content (AvgIpc) is 2.16. The highest BCUT2D eigenvalue weighted by Crippen LogP contribution is 2.21. The van der Waals surface area contributed by atoms with Crippen molar-refractivity contribution >= 4 is 5.97 Å². The van der Waals surface area contributed by atoms with E-state index in [9.17, 15) is 4.79 Å². The van der Waals surface area contributed by atoms with Crippen molar-refractivity contribution in [3.05, 3.63) is 12.2 Å². The highest BCUT2D eigenvalue weighted by atomic mass is 16.7. The van der Waals surface area contributed by atoms with Gasteiger partial charge in [0.2, 0.25) is 5.79 Å². The fraction of sp³-hybridized carbons (Fsp3) is 0.727. The molecule has 2 atom stereocenters. The number of hydrogen-bond donors (Lipinski definition) is 0. The van der Waals surface area contributed by atoms with E-state index in [4.69, 9.17) is 14.2 Å². The minimum absolute atomic E-state index is 0.337. The van der Waals surface area contributed by atoms with Crippen molar-refractivity contribution in [3.63, 3.8) is 0 Å². The molecule has 0 amide bonds. The van der Waals surface area contributed by atoms with E-state index in [1.54, 1.807) is 20.8 Å². The standard InChI is InChI=1S/C11H20O4/c1-7-14-11(5,9(4)13-6)15-10(12)8(2)3/h9H,2,7H2,1,3-6H3. The summed E-state index contributed by atoms with van der Waals surface area (Å²) >= 11 is 0. The molecule has 0 heterocycles. The summed E-state index contributed by atoms with van der Waals surface area (Å²) in [6.45, 7) is 10.8. The molecule has 0 aromatic heterocycles. The van der Waals surface area contributed by atoms with Crippen LogP contribution in [0.4, 0.5) is 0 Å². The minimum Gasteiger partial charge on any atom is -0.427 e. The molecule has 0 fully saturated rings. The second-order valence-electron chi connectivity index (χ2n) is 3.50. The minimum atomic E-state index is -1.07. The summed E-state index contributed by atoms with van der Waals surface area (Å²) in [5.74, 6) is -1.55. The molecular formula is C11H20O4. The molecule has 0 radical (unpaired) electrons. The van der Waals surface area contributed by atoms with E-state index in [2.05, 4.69) is 6.58 Å². The number of esters is 1. The lowest BCUT2D eigenvalue weighted by Gasteiger charge is -2.33. The Balaban J connectivity index is 4.64. The van der Waals surface area contributed by atoms with Crippen LogP contribution in [-0.4, -0.2) is 31.6 Å². The Hall–Kier alpha value is -0.870. The molecule has 88 valence electrons. The van der Waals surface area contributed by atoms with E-state index in [0.717, 1.165) is 0 Å². The zero-order valence-corrected chi connectivity index (χ0v) is 10.1.